The van der Waals surface area contributed by atoms with Crippen molar-refractivity contribution in [2.45, 2.75) is 12.2 Å². The molecule has 0 aliphatic carbocycles. The Morgan fingerprint density at radius 3 is 1.96 bits per heavy atom. The Morgan fingerprint density at radius 1 is 0.870 bits per heavy atom. The Bertz CT molecular complexity index is 797. The van der Waals surface area contributed by atoms with Gasteiger partial charge in [-0.2, -0.15) is 0 Å². The molecule has 0 aromatic heterocycles. The highest BCUT2D eigenvalue weighted by molar-refractivity contribution is 5.45. The third-order valence-electron chi connectivity index (χ3n) is 3.46. The van der Waals surface area contributed by atoms with Gasteiger partial charge in [-0.3, -0.25) is 10.1 Å². The summed E-state index contributed by atoms with van der Waals surface area (Å²) in [6.07, 6.45) is -2.65. The average molecular weight is 331 g/mol. The van der Waals surface area contributed by atoms with Gasteiger partial charge in [-0.25, -0.2) is 22.0 Å². The minimum absolute atomic E-state index is 0.00792. The molecule has 1 aliphatic heterocycles. The molecule has 0 radical (unpaired) electrons. The highest BCUT2D eigenvalue weighted by atomic mass is 19.2. The fourth-order valence-corrected chi connectivity index (χ4v) is 2.33. The zero-order chi connectivity index (χ0) is 16.9. The van der Waals surface area contributed by atoms with Crippen molar-refractivity contribution in [2.24, 2.45) is 0 Å². The van der Waals surface area contributed by atoms with Gasteiger partial charge in [0, 0.05) is 6.07 Å². The van der Waals surface area contributed by atoms with E-state index in [1.807, 2.05) is 0 Å². The lowest BCUT2D eigenvalue weighted by molar-refractivity contribution is -0.385. The maximum Gasteiger partial charge on any atom is 0.275 e. The van der Waals surface area contributed by atoms with Gasteiger partial charge in [0.05, 0.1) is 16.1 Å². The maximum absolute atomic E-state index is 13.7. The van der Waals surface area contributed by atoms with Crippen LogP contribution in [-0.2, 0) is 4.74 Å². The molecule has 2 aromatic carbocycles. The first-order valence-electron chi connectivity index (χ1n) is 6.24. The first-order chi connectivity index (χ1) is 10.8. The lowest BCUT2D eigenvalue weighted by Gasteiger charge is -2.06. The van der Waals surface area contributed by atoms with E-state index in [0.717, 1.165) is 6.07 Å². The molecular weight excluding hydrogens is 325 g/mol. The minimum atomic E-state index is -2.27. The third kappa shape index (κ3) is 2.33. The second-order valence-electron chi connectivity index (χ2n) is 4.78. The van der Waals surface area contributed by atoms with E-state index in [4.69, 9.17) is 4.74 Å². The Hall–Kier alpha value is -2.55. The van der Waals surface area contributed by atoms with Gasteiger partial charge in [0.2, 0.25) is 5.82 Å². The van der Waals surface area contributed by atoms with Crippen LogP contribution in [0.1, 0.15) is 23.3 Å². The predicted molar refractivity (Wildman–Crippen MR) is 65.9 cm³/mol. The number of hydrogen-bond donors (Lipinski definition) is 0. The van der Waals surface area contributed by atoms with Crippen molar-refractivity contribution in [1.29, 1.82) is 0 Å². The number of rotatable bonds is 3. The van der Waals surface area contributed by atoms with Crippen molar-refractivity contribution in [1.82, 2.24) is 0 Å². The van der Waals surface area contributed by atoms with Gasteiger partial charge >= 0.3 is 0 Å². The predicted octanol–water partition coefficient (Wildman–Crippen LogP) is 4.10. The summed E-state index contributed by atoms with van der Waals surface area (Å²) in [6, 6.07) is 5.23. The summed E-state index contributed by atoms with van der Waals surface area (Å²) in [4.78, 5) is 10.2. The number of nitro benzene ring substituents is 1. The first-order valence-corrected chi connectivity index (χ1v) is 6.24. The van der Waals surface area contributed by atoms with Crippen molar-refractivity contribution in [3.8, 4) is 0 Å². The number of hydrogen-bond acceptors (Lipinski definition) is 3. The zero-order valence-electron chi connectivity index (χ0n) is 11.0. The molecule has 2 aromatic rings. The van der Waals surface area contributed by atoms with Crippen LogP contribution in [0.25, 0.3) is 0 Å². The van der Waals surface area contributed by atoms with Crippen LogP contribution in [0.3, 0.4) is 0 Å². The van der Waals surface area contributed by atoms with Crippen molar-refractivity contribution in [3.05, 3.63) is 74.6 Å². The second kappa shape index (κ2) is 5.27. The van der Waals surface area contributed by atoms with Crippen LogP contribution >= 0.6 is 0 Å². The third-order valence-corrected chi connectivity index (χ3v) is 3.46. The largest absolute Gasteiger partial charge is 0.359 e. The SMILES string of the molecule is O=[N+]([O-])c1ccccc1C1OC1c1c(F)c(F)c(F)c(F)c1F. The summed E-state index contributed by atoms with van der Waals surface area (Å²) in [5.74, 6) is -10.5. The van der Waals surface area contributed by atoms with Crippen LogP contribution in [0.5, 0.6) is 0 Å². The summed E-state index contributed by atoms with van der Waals surface area (Å²) >= 11 is 0. The molecule has 2 atom stereocenters. The summed E-state index contributed by atoms with van der Waals surface area (Å²) in [5.41, 5.74) is -1.51. The Balaban J connectivity index is 2.04. The van der Waals surface area contributed by atoms with Gasteiger partial charge in [0.15, 0.2) is 23.3 Å². The van der Waals surface area contributed by atoms with E-state index in [2.05, 4.69) is 0 Å². The van der Waals surface area contributed by atoms with E-state index < -0.39 is 51.8 Å². The number of benzene rings is 2. The van der Waals surface area contributed by atoms with E-state index >= 15 is 0 Å². The molecule has 120 valence electrons. The van der Waals surface area contributed by atoms with Gasteiger partial charge in [-0.05, 0) is 6.07 Å². The topological polar surface area (TPSA) is 55.7 Å². The molecule has 9 heteroatoms. The molecule has 1 aliphatic rings. The van der Waals surface area contributed by atoms with Gasteiger partial charge in [-0.15, -0.1) is 0 Å². The smallest absolute Gasteiger partial charge is 0.275 e. The Kier molecular flexibility index (Phi) is 3.52. The molecule has 0 N–H and O–H groups in total. The van der Waals surface area contributed by atoms with Crippen LogP contribution < -0.4 is 0 Å². The number of ether oxygens (including phenoxy) is 1. The first kappa shape index (κ1) is 15.3. The zero-order valence-corrected chi connectivity index (χ0v) is 11.0. The fraction of sp³-hybridized carbons (Fsp3) is 0.143. The molecule has 23 heavy (non-hydrogen) atoms. The number of halogens is 5. The molecule has 4 nitrogen and oxygen atoms in total. The van der Waals surface area contributed by atoms with Crippen LogP contribution in [-0.4, -0.2) is 4.92 Å². The lowest BCUT2D eigenvalue weighted by Crippen LogP contribution is -2.07. The standard InChI is InChI=1S/C14H6F5NO3/c15-8-7(9(16)11(18)12(19)10(8)17)14-13(23-14)5-3-1-2-4-6(5)20(21)22/h1-4,13-14H. The van der Waals surface area contributed by atoms with Crippen LogP contribution in [0.15, 0.2) is 24.3 Å². The number of para-hydroxylation sites is 1. The molecule has 3 rings (SSSR count). The highest BCUT2D eigenvalue weighted by Gasteiger charge is 2.49. The van der Waals surface area contributed by atoms with Gasteiger partial charge in [0.1, 0.15) is 12.2 Å². The van der Waals surface area contributed by atoms with Crippen LogP contribution in [0, 0.1) is 39.2 Å². The molecule has 0 spiro atoms. The summed E-state index contributed by atoms with van der Waals surface area (Å²) in [7, 11) is 0. The molecule has 0 amide bonds. The van der Waals surface area contributed by atoms with E-state index in [-0.39, 0.29) is 11.3 Å². The quantitative estimate of drug-likeness (QED) is 0.212. The number of epoxide rings is 1. The highest BCUT2D eigenvalue weighted by Crippen LogP contribution is 2.54. The number of nitrogens with zero attached hydrogens (tertiary/aromatic N) is 1. The molecule has 2 unspecified atom stereocenters. The lowest BCUT2D eigenvalue weighted by atomic mass is 10.0. The van der Waals surface area contributed by atoms with Gasteiger partial charge < -0.3 is 4.74 Å². The summed E-state index contributed by atoms with van der Waals surface area (Å²) in [5, 5.41) is 10.9. The van der Waals surface area contributed by atoms with E-state index in [1.54, 1.807) is 0 Å². The van der Waals surface area contributed by atoms with Crippen molar-refractivity contribution >= 4 is 5.69 Å². The molecule has 1 heterocycles. The van der Waals surface area contributed by atoms with Crippen LogP contribution in [0.2, 0.25) is 0 Å². The fourth-order valence-electron chi connectivity index (χ4n) is 2.33. The summed E-state index contributed by atoms with van der Waals surface area (Å²) < 4.78 is 71.8. The summed E-state index contributed by atoms with van der Waals surface area (Å²) in [6.45, 7) is 0. The minimum Gasteiger partial charge on any atom is -0.359 e. The monoisotopic (exact) mass is 331 g/mol. The second-order valence-corrected chi connectivity index (χ2v) is 4.78. The normalized spacial score (nSPS) is 19.7. The van der Waals surface area contributed by atoms with E-state index in [9.17, 15) is 32.1 Å². The average Bonchev–Trinajstić information content (AvgIpc) is 3.31. The molecule has 1 fully saturated rings. The van der Waals surface area contributed by atoms with Crippen molar-refractivity contribution in [2.75, 3.05) is 0 Å². The van der Waals surface area contributed by atoms with Gasteiger partial charge in [-0.1, -0.05) is 12.1 Å². The molecular formula is C14H6F5NO3. The van der Waals surface area contributed by atoms with Crippen LogP contribution in [0.4, 0.5) is 27.6 Å². The van der Waals surface area contributed by atoms with Gasteiger partial charge in [0.25, 0.3) is 5.69 Å². The van der Waals surface area contributed by atoms with Crippen molar-refractivity contribution < 1.29 is 31.6 Å². The van der Waals surface area contributed by atoms with E-state index in [1.165, 1.54) is 18.2 Å². The number of nitro groups is 1. The van der Waals surface area contributed by atoms with E-state index in [0.29, 0.717) is 0 Å². The maximum atomic E-state index is 13.7. The Labute approximate surface area is 125 Å². The van der Waals surface area contributed by atoms with Crippen molar-refractivity contribution in [3.63, 3.8) is 0 Å². The molecule has 0 bridgehead atoms. The molecule has 1 saturated heterocycles. The Morgan fingerprint density at radius 2 is 1.39 bits per heavy atom. The molecule has 0 saturated carbocycles.